The van der Waals surface area contributed by atoms with Crippen molar-refractivity contribution in [2.75, 3.05) is 6.61 Å². The minimum atomic E-state index is -0.364. The van der Waals surface area contributed by atoms with Gasteiger partial charge in [-0.1, -0.05) is 31.0 Å². The van der Waals surface area contributed by atoms with E-state index in [0.29, 0.717) is 6.42 Å². The van der Waals surface area contributed by atoms with Crippen molar-refractivity contribution in [3.05, 3.63) is 36.0 Å². The monoisotopic (exact) mass is 286 g/mol. The molecule has 0 radical (unpaired) electrons. The summed E-state index contributed by atoms with van der Waals surface area (Å²) in [6, 6.07) is 8.13. The average molecular weight is 286 g/mol. The lowest BCUT2D eigenvalue weighted by molar-refractivity contribution is -0.123. The number of carbonyl (C=O) groups is 1. The van der Waals surface area contributed by atoms with Gasteiger partial charge in [0.05, 0.1) is 12.1 Å². The van der Waals surface area contributed by atoms with Gasteiger partial charge in [0, 0.05) is 23.5 Å². The van der Waals surface area contributed by atoms with Gasteiger partial charge >= 0.3 is 0 Å². The van der Waals surface area contributed by atoms with E-state index in [1.807, 2.05) is 24.4 Å². The van der Waals surface area contributed by atoms with Crippen molar-refractivity contribution in [3.8, 4) is 0 Å². The molecule has 0 bridgehead atoms. The number of nitrogens with one attached hydrogen (secondary N) is 2. The van der Waals surface area contributed by atoms with Crippen LogP contribution in [-0.2, 0) is 11.2 Å². The Morgan fingerprint density at radius 1 is 1.29 bits per heavy atom. The van der Waals surface area contributed by atoms with Crippen LogP contribution in [0.5, 0.6) is 0 Å². The number of para-hydroxylation sites is 1. The lowest BCUT2D eigenvalue weighted by Crippen LogP contribution is -2.49. The van der Waals surface area contributed by atoms with Crippen molar-refractivity contribution in [3.63, 3.8) is 0 Å². The molecule has 4 nitrogen and oxygen atoms in total. The molecule has 1 aliphatic carbocycles. The zero-order valence-corrected chi connectivity index (χ0v) is 12.2. The second-order valence-electron chi connectivity index (χ2n) is 6.05. The van der Waals surface area contributed by atoms with Gasteiger partial charge < -0.3 is 15.4 Å². The van der Waals surface area contributed by atoms with Crippen LogP contribution in [-0.4, -0.2) is 28.1 Å². The predicted molar refractivity (Wildman–Crippen MR) is 83.0 cm³/mol. The van der Waals surface area contributed by atoms with Gasteiger partial charge in [-0.3, -0.25) is 4.79 Å². The van der Waals surface area contributed by atoms with Crippen LogP contribution in [0.25, 0.3) is 10.9 Å². The largest absolute Gasteiger partial charge is 0.394 e. The molecule has 21 heavy (non-hydrogen) atoms. The van der Waals surface area contributed by atoms with Crippen molar-refractivity contribution in [2.45, 2.75) is 44.1 Å². The van der Waals surface area contributed by atoms with Crippen LogP contribution < -0.4 is 5.32 Å². The third-order valence-electron chi connectivity index (χ3n) is 4.56. The molecule has 0 spiro atoms. The van der Waals surface area contributed by atoms with E-state index in [1.165, 1.54) is 10.9 Å². The first-order chi connectivity index (χ1) is 10.2. The Hall–Kier alpha value is -1.81. The summed E-state index contributed by atoms with van der Waals surface area (Å²) in [5.41, 5.74) is 1.91. The molecule has 1 saturated carbocycles. The van der Waals surface area contributed by atoms with Crippen LogP contribution in [0.3, 0.4) is 0 Å². The van der Waals surface area contributed by atoms with Gasteiger partial charge in [0.1, 0.15) is 0 Å². The molecule has 1 aliphatic rings. The third-order valence-corrected chi connectivity index (χ3v) is 4.56. The Balaban J connectivity index is 1.61. The van der Waals surface area contributed by atoms with Crippen LogP contribution in [0.4, 0.5) is 0 Å². The number of amides is 1. The number of H-pyrrole nitrogens is 1. The first-order valence-corrected chi connectivity index (χ1v) is 7.69. The first kappa shape index (κ1) is 14.1. The lowest BCUT2D eigenvalue weighted by Gasteiger charge is -2.28. The SMILES string of the molecule is O=C(CCc1c[nH]c2ccccc12)NC1(CO)CCCC1. The van der Waals surface area contributed by atoms with Gasteiger partial charge in [-0.15, -0.1) is 0 Å². The highest BCUT2D eigenvalue weighted by molar-refractivity contribution is 5.84. The van der Waals surface area contributed by atoms with Crippen molar-refractivity contribution in [1.29, 1.82) is 0 Å². The summed E-state index contributed by atoms with van der Waals surface area (Å²) in [4.78, 5) is 15.4. The molecule has 1 aromatic carbocycles. The summed E-state index contributed by atoms with van der Waals surface area (Å²) in [6.45, 7) is 0.0474. The van der Waals surface area contributed by atoms with Gasteiger partial charge in [-0.25, -0.2) is 0 Å². The number of aliphatic hydroxyl groups is 1. The van der Waals surface area contributed by atoms with Crippen LogP contribution in [0.1, 0.15) is 37.7 Å². The summed E-state index contributed by atoms with van der Waals surface area (Å²) in [6.07, 6.45) is 7.12. The van der Waals surface area contributed by atoms with E-state index < -0.39 is 0 Å². The van der Waals surface area contributed by atoms with Crippen LogP contribution in [0.2, 0.25) is 0 Å². The van der Waals surface area contributed by atoms with Gasteiger partial charge in [0.25, 0.3) is 0 Å². The number of aromatic amines is 1. The Labute approximate surface area is 124 Å². The van der Waals surface area contributed by atoms with Crippen molar-refractivity contribution in [2.24, 2.45) is 0 Å². The maximum atomic E-state index is 12.2. The van der Waals surface area contributed by atoms with Crippen LogP contribution >= 0.6 is 0 Å². The molecule has 1 aromatic heterocycles. The number of aryl methyl sites for hydroxylation is 1. The van der Waals surface area contributed by atoms with E-state index in [1.54, 1.807) is 0 Å². The lowest BCUT2D eigenvalue weighted by atomic mass is 9.98. The molecule has 1 heterocycles. The number of hydrogen-bond acceptors (Lipinski definition) is 2. The second kappa shape index (κ2) is 5.90. The van der Waals surface area contributed by atoms with E-state index in [4.69, 9.17) is 0 Å². The third kappa shape index (κ3) is 2.95. The molecule has 2 aromatic rings. The van der Waals surface area contributed by atoms with E-state index in [9.17, 15) is 9.90 Å². The summed E-state index contributed by atoms with van der Waals surface area (Å²) < 4.78 is 0. The highest BCUT2D eigenvalue weighted by Gasteiger charge is 2.34. The smallest absolute Gasteiger partial charge is 0.220 e. The van der Waals surface area contributed by atoms with Gasteiger partial charge in [-0.05, 0) is 30.9 Å². The first-order valence-electron chi connectivity index (χ1n) is 7.69. The minimum absolute atomic E-state index is 0.0382. The predicted octanol–water partition coefficient (Wildman–Crippen LogP) is 2.52. The minimum Gasteiger partial charge on any atom is -0.394 e. The summed E-state index contributed by atoms with van der Waals surface area (Å²) in [5, 5.41) is 13.8. The number of aromatic nitrogens is 1. The fourth-order valence-corrected chi connectivity index (χ4v) is 3.32. The molecular weight excluding hydrogens is 264 g/mol. The molecule has 0 aliphatic heterocycles. The van der Waals surface area contributed by atoms with Crippen molar-refractivity contribution < 1.29 is 9.90 Å². The van der Waals surface area contributed by atoms with E-state index in [-0.39, 0.29) is 18.1 Å². The maximum Gasteiger partial charge on any atom is 0.220 e. The zero-order chi connectivity index (χ0) is 14.7. The molecule has 0 atom stereocenters. The average Bonchev–Trinajstić information content (AvgIpc) is 3.12. The Kier molecular flexibility index (Phi) is 3.97. The van der Waals surface area contributed by atoms with E-state index in [2.05, 4.69) is 16.4 Å². The Bertz CT molecular complexity index is 627. The maximum absolute atomic E-state index is 12.2. The summed E-state index contributed by atoms with van der Waals surface area (Å²) in [5.74, 6) is 0.0382. The molecule has 3 N–H and O–H groups in total. The van der Waals surface area contributed by atoms with Crippen LogP contribution in [0.15, 0.2) is 30.5 Å². The topological polar surface area (TPSA) is 65.1 Å². The normalized spacial score (nSPS) is 17.2. The highest BCUT2D eigenvalue weighted by atomic mass is 16.3. The number of rotatable bonds is 5. The number of aliphatic hydroxyl groups excluding tert-OH is 1. The van der Waals surface area contributed by atoms with E-state index in [0.717, 1.165) is 37.6 Å². The van der Waals surface area contributed by atoms with Crippen LogP contribution in [0, 0.1) is 0 Å². The Morgan fingerprint density at radius 2 is 2.05 bits per heavy atom. The molecule has 0 unspecified atom stereocenters. The number of fused-ring (bicyclic) bond motifs is 1. The fraction of sp³-hybridized carbons (Fsp3) is 0.471. The quantitative estimate of drug-likeness (QED) is 0.790. The zero-order valence-electron chi connectivity index (χ0n) is 12.2. The standard InChI is InChI=1S/C17H22N2O2/c20-12-17(9-3-4-10-17)19-16(21)8-7-13-11-18-15-6-2-1-5-14(13)15/h1-2,5-6,11,18,20H,3-4,7-10,12H2,(H,19,21). The Morgan fingerprint density at radius 3 is 2.81 bits per heavy atom. The fourth-order valence-electron chi connectivity index (χ4n) is 3.32. The summed E-state index contributed by atoms with van der Waals surface area (Å²) in [7, 11) is 0. The van der Waals surface area contributed by atoms with Gasteiger partial charge in [0.2, 0.25) is 5.91 Å². The molecule has 1 fully saturated rings. The molecular formula is C17H22N2O2. The molecule has 4 heteroatoms. The van der Waals surface area contributed by atoms with Crippen molar-refractivity contribution >= 4 is 16.8 Å². The van der Waals surface area contributed by atoms with Crippen molar-refractivity contribution in [1.82, 2.24) is 10.3 Å². The van der Waals surface area contributed by atoms with Gasteiger partial charge in [0.15, 0.2) is 0 Å². The molecule has 112 valence electrons. The molecule has 0 saturated heterocycles. The summed E-state index contributed by atoms with van der Waals surface area (Å²) >= 11 is 0. The second-order valence-corrected chi connectivity index (χ2v) is 6.05. The molecule has 1 amide bonds. The van der Waals surface area contributed by atoms with E-state index >= 15 is 0 Å². The van der Waals surface area contributed by atoms with Gasteiger partial charge in [-0.2, -0.15) is 0 Å². The molecule has 3 rings (SSSR count). The number of carbonyl (C=O) groups excluding carboxylic acids is 1. The number of hydrogen-bond donors (Lipinski definition) is 3. The highest BCUT2D eigenvalue weighted by Crippen LogP contribution is 2.29. The number of benzene rings is 1.